The van der Waals surface area contributed by atoms with Crippen LogP contribution in [-0.4, -0.2) is 19.2 Å². The van der Waals surface area contributed by atoms with Crippen molar-refractivity contribution in [1.29, 1.82) is 0 Å². The van der Waals surface area contributed by atoms with Gasteiger partial charge in [0.15, 0.2) is 0 Å². The van der Waals surface area contributed by atoms with E-state index in [0.717, 1.165) is 19.5 Å². The Balaban J connectivity index is 1.87. The second-order valence-electron chi connectivity index (χ2n) is 3.41. The average Bonchev–Trinajstić information content (AvgIpc) is 2.74. The van der Waals surface area contributed by atoms with E-state index < -0.39 is 0 Å². The highest BCUT2D eigenvalue weighted by atomic mass is 32.1. The summed E-state index contributed by atoms with van der Waals surface area (Å²) < 4.78 is 5.90. The van der Waals surface area contributed by atoms with E-state index in [2.05, 4.69) is 29.8 Å². The van der Waals surface area contributed by atoms with Crippen LogP contribution in [0.1, 0.15) is 24.3 Å². The zero-order valence-corrected chi connectivity index (χ0v) is 8.64. The molecule has 72 valence electrons. The van der Waals surface area contributed by atoms with Gasteiger partial charge in [-0.2, -0.15) is 0 Å². The van der Waals surface area contributed by atoms with Crippen molar-refractivity contribution in [3.63, 3.8) is 0 Å². The van der Waals surface area contributed by atoms with Gasteiger partial charge in [-0.1, -0.05) is 6.07 Å². The maximum atomic E-state index is 5.90. The SMILES string of the molecule is CC(OC1CCNC1)c1cccs1. The molecular weight excluding hydrogens is 182 g/mol. The van der Waals surface area contributed by atoms with Crippen molar-refractivity contribution in [3.05, 3.63) is 22.4 Å². The Bertz CT molecular complexity index is 241. The van der Waals surface area contributed by atoms with Gasteiger partial charge in [-0.15, -0.1) is 11.3 Å². The van der Waals surface area contributed by atoms with Crippen LogP contribution >= 0.6 is 11.3 Å². The Morgan fingerprint density at radius 2 is 2.62 bits per heavy atom. The number of hydrogen-bond donors (Lipinski definition) is 1. The predicted octanol–water partition coefficient (Wildman–Crippen LogP) is 2.19. The van der Waals surface area contributed by atoms with Gasteiger partial charge in [-0.25, -0.2) is 0 Å². The summed E-state index contributed by atoms with van der Waals surface area (Å²) in [5.41, 5.74) is 0. The van der Waals surface area contributed by atoms with Crippen LogP contribution in [0.15, 0.2) is 17.5 Å². The molecule has 0 radical (unpaired) electrons. The van der Waals surface area contributed by atoms with Crippen LogP contribution in [0.4, 0.5) is 0 Å². The van der Waals surface area contributed by atoms with Crippen LogP contribution < -0.4 is 5.32 Å². The predicted molar refractivity (Wildman–Crippen MR) is 55.1 cm³/mol. The van der Waals surface area contributed by atoms with Crippen LogP contribution in [-0.2, 0) is 4.74 Å². The molecule has 13 heavy (non-hydrogen) atoms. The van der Waals surface area contributed by atoms with Gasteiger partial charge in [0.25, 0.3) is 0 Å². The minimum absolute atomic E-state index is 0.255. The first-order chi connectivity index (χ1) is 6.36. The molecular formula is C10H15NOS. The van der Waals surface area contributed by atoms with E-state index in [1.165, 1.54) is 4.88 Å². The van der Waals surface area contributed by atoms with E-state index in [4.69, 9.17) is 4.74 Å². The van der Waals surface area contributed by atoms with Crippen LogP contribution in [0.25, 0.3) is 0 Å². The lowest BCUT2D eigenvalue weighted by atomic mass is 10.3. The zero-order valence-electron chi connectivity index (χ0n) is 7.82. The van der Waals surface area contributed by atoms with Crippen LogP contribution in [0.3, 0.4) is 0 Å². The van der Waals surface area contributed by atoms with Gasteiger partial charge >= 0.3 is 0 Å². The minimum atomic E-state index is 0.255. The number of rotatable bonds is 3. The summed E-state index contributed by atoms with van der Waals surface area (Å²) in [4.78, 5) is 1.33. The largest absolute Gasteiger partial charge is 0.368 e. The molecule has 0 aromatic carbocycles. The summed E-state index contributed by atoms with van der Waals surface area (Å²) in [7, 11) is 0. The number of thiophene rings is 1. The lowest BCUT2D eigenvalue weighted by molar-refractivity contribution is 0.0102. The fraction of sp³-hybridized carbons (Fsp3) is 0.600. The van der Waals surface area contributed by atoms with E-state index in [0.29, 0.717) is 6.10 Å². The summed E-state index contributed by atoms with van der Waals surface area (Å²) in [6.07, 6.45) is 1.82. The van der Waals surface area contributed by atoms with Gasteiger partial charge in [-0.05, 0) is 31.3 Å². The van der Waals surface area contributed by atoms with Crippen LogP contribution in [0.5, 0.6) is 0 Å². The molecule has 2 atom stereocenters. The molecule has 3 heteroatoms. The number of hydrogen-bond acceptors (Lipinski definition) is 3. The van der Waals surface area contributed by atoms with Crippen molar-refractivity contribution in [2.75, 3.05) is 13.1 Å². The maximum absolute atomic E-state index is 5.90. The lowest BCUT2D eigenvalue weighted by Gasteiger charge is -2.16. The molecule has 0 amide bonds. The highest BCUT2D eigenvalue weighted by Gasteiger charge is 2.18. The fourth-order valence-corrected chi connectivity index (χ4v) is 2.34. The molecule has 1 aliphatic heterocycles. The van der Waals surface area contributed by atoms with Crippen molar-refractivity contribution in [1.82, 2.24) is 5.32 Å². The summed E-state index contributed by atoms with van der Waals surface area (Å²) in [6.45, 7) is 4.24. The molecule has 1 aromatic rings. The summed E-state index contributed by atoms with van der Waals surface area (Å²) in [6, 6.07) is 4.21. The first-order valence-electron chi connectivity index (χ1n) is 4.76. The monoisotopic (exact) mass is 197 g/mol. The Morgan fingerprint density at radius 1 is 1.69 bits per heavy atom. The third-order valence-electron chi connectivity index (χ3n) is 2.36. The second-order valence-corrected chi connectivity index (χ2v) is 4.39. The van der Waals surface area contributed by atoms with Gasteiger partial charge in [0.05, 0.1) is 12.2 Å². The molecule has 0 saturated carbocycles. The summed E-state index contributed by atoms with van der Waals surface area (Å²) in [5.74, 6) is 0. The van der Waals surface area contributed by atoms with E-state index in [9.17, 15) is 0 Å². The Labute approximate surface area is 82.9 Å². The summed E-state index contributed by atoms with van der Waals surface area (Å²) in [5, 5.41) is 5.40. The topological polar surface area (TPSA) is 21.3 Å². The molecule has 1 N–H and O–H groups in total. The van der Waals surface area contributed by atoms with Crippen molar-refractivity contribution in [3.8, 4) is 0 Å². The smallest absolute Gasteiger partial charge is 0.0893 e. The van der Waals surface area contributed by atoms with Gasteiger partial charge in [0, 0.05) is 11.4 Å². The van der Waals surface area contributed by atoms with Gasteiger partial charge in [0.2, 0.25) is 0 Å². The molecule has 0 aliphatic carbocycles. The maximum Gasteiger partial charge on any atom is 0.0893 e. The molecule has 1 saturated heterocycles. The van der Waals surface area contributed by atoms with Crippen molar-refractivity contribution in [2.45, 2.75) is 25.6 Å². The fourth-order valence-electron chi connectivity index (χ4n) is 1.62. The van der Waals surface area contributed by atoms with Crippen molar-refractivity contribution < 1.29 is 4.74 Å². The third kappa shape index (κ3) is 2.30. The van der Waals surface area contributed by atoms with Gasteiger partial charge < -0.3 is 10.1 Å². The number of nitrogens with one attached hydrogen (secondary N) is 1. The van der Waals surface area contributed by atoms with E-state index in [1.54, 1.807) is 11.3 Å². The van der Waals surface area contributed by atoms with Crippen molar-refractivity contribution in [2.24, 2.45) is 0 Å². The molecule has 1 aromatic heterocycles. The lowest BCUT2D eigenvalue weighted by Crippen LogP contribution is -2.18. The molecule has 0 spiro atoms. The molecule has 1 aliphatic rings. The highest BCUT2D eigenvalue weighted by molar-refractivity contribution is 7.10. The molecule has 2 rings (SSSR count). The first kappa shape index (κ1) is 9.19. The van der Waals surface area contributed by atoms with E-state index in [-0.39, 0.29) is 6.10 Å². The highest BCUT2D eigenvalue weighted by Crippen LogP contribution is 2.24. The average molecular weight is 197 g/mol. The second kappa shape index (κ2) is 4.22. The first-order valence-corrected chi connectivity index (χ1v) is 5.64. The van der Waals surface area contributed by atoms with E-state index in [1.807, 2.05) is 0 Å². The molecule has 2 heterocycles. The molecule has 2 nitrogen and oxygen atoms in total. The van der Waals surface area contributed by atoms with Crippen LogP contribution in [0, 0.1) is 0 Å². The Kier molecular flexibility index (Phi) is 2.98. The van der Waals surface area contributed by atoms with Crippen LogP contribution in [0.2, 0.25) is 0 Å². The zero-order chi connectivity index (χ0) is 9.10. The van der Waals surface area contributed by atoms with Crippen molar-refractivity contribution >= 4 is 11.3 Å². The third-order valence-corrected chi connectivity index (χ3v) is 3.39. The van der Waals surface area contributed by atoms with Gasteiger partial charge in [0.1, 0.15) is 0 Å². The normalized spacial score (nSPS) is 24.8. The molecule has 1 fully saturated rings. The number of ether oxygens (including phenoxy) is 1. The van der Waals surface area contributed by atoms with Gasteiger partial charge in [-0.3, -0.25) is 0 Å². The Morgan fingerprint density at radius 3 is 3.23 bits per heavy atom. The Hall–Kier alpha value is -0.380. The standard InChI is InChI=1S/C10H15NOS/c1-8(10-3-2-6-13-10)12-9-4-5-11-7-9/h2-3,6,8-9,11H,4-5,7H2,1H3. The molecule has 0 bridgehead atoms. The van der Waals surface area contributed by atoms with E-state index >= 15 is 0 Å². The quantitative estimate of drug-likeness (QED) is 0.802. The minimum Gasteiger partial charge on any atom is -0.368 e. The summed E-state index contributed by atoms with van der Waals surface area (Å²) >= 11 is 1.77. The molecule has 2 unspecified atom stereocenters.